The number of pyridine rings is 1. The first-order chi connectivity index (χ1) is 10.8. The van der Waals surface area contributed by atoms with Crippen LogP contribution in [0.3, 0.4) is 0 Å². The van der Waals surface area contributed by atoms with Crippen molar-refractivity contribution in [2.45, 2.75) is 45.5 Å². The third kappa shape index (κ3) is 4.80. The summed E-state index contributed by atoms with van der Waals surface area (Å²) in [4.78, 5) is 16.2. The maximum absolute atomic E-state index is 12.0. The number of hydrogen-bond donors (Lipinski definition) is 1. The summed E-state index contributed by atoms with van der Waals surface area (Å²) in [5.74, 6) is 0.571. The van der Waals surface area contributed by atoms with Crippen molar-refractivity contribution in [1.29, 1.82) is 0 Å². The van der Waals surface area contributed by atoms with Gasteiger partial charge in [-0.1, -0.05) is 0 Å². The van der Waals surface area contributed by atoms with Gasteiger partial charge in [0.2, 0.25) is 0 Å². The second-order valence-electron chi connectivity index (χ2n) is 6.38. The quantitative estimate of drug-likeness (QED) is 0.897. The SMILES string of the molecule is COC(C)c1c(NC(=O)OC(C)(C)C)cncc1OC1COC1. The lowest BCUT2D eigenvalue weighted by Gasteiger charge is -2.29. The molecule has 0 spiro atoms. The Morgan fingerprint density at radius 2 is 2.09 bits per heavy atom. The van der Waals surface area contributed by atoms with Gasteiger partial charge in [-0.3, -0.25) is 10.3 Å². The average Bonchev–Trinajstić information content (AvgIpc) is 2.40. The summed E-state index contributed by atoms with van der Waals surface area (Å²) in [7, 11) is 1.60. The van der Waals surface area contributed by atoms with Gasteiger partial charge in [-0.2, -0.15) is 0 Å². The molecule has 1 atom stereocenters. The third-order valence-corrected chi connectivity index (χ3v) is 3.25. The fourth-order valence-corrected chi connectivity index (χ4v) is 2.06. The normalized spacial score (nSPS) is 16.4. The molecule has 2 heterocycles. The summed E-state index contributed by atoms with van der Waals surface area (Å²) < 4.78 is 21.7. The van der Waals surface area contributed by atoms with E-state index in [1.807, 2.05) is 6.92 Å². The largest absolute Gasteiger partial charge is 0.484 e. The van der Waals surface area contributed by atoms with Crippen molar-refractivity contribution in [1.82, 2.24) is 4.98 Å². The van der Waals surface area contributed by atoms with E-state index >= 15 is 0 Å². The molecule has 0 aromatic carbocycles. The summed E-state index contributed by atoms with van der Waals surface area (Å²) >= 11 is 0. The van der Waals surface area contributed by atoms with E-state index in [0.29, 0.717) is 24.7 Å². The van der Waals surface area contributed by atoms with E-state index in [0.717, 1.165) is 5.56 Å². The predicted molar refractivity (Wildman–Crippen MR) is 84.8 cm³/mol. The Morgan fingerprint density at radius 3 is 2.61 bits per heavy atom. The van der Waals surface area contributed by atoms with E-state index in [9.17, 15) is 4.79 Å². The highest BCUT2D eigenvalue weighted by Crippen LogP contribution is 2.34. The van der Waals surface area contributed by atoms with E-state index in [1.54, 1.807) is 40.3 Å². The molecule has 1 saturated heterocycles. The number of nitrogens with zero attached hydrogens (tertiary/aromatic N) is 1. The second kappa shape index (κ2) is 7.14. The number of aromatic nitrogens is 1. The van der Waals surface area contributed by atoms with Crippen LogP contribution in [-0.2, 0) is 14.2 Å². The number of carbonyl (C=O) groups excluding carboxylic acids is 1. The number of rotatable bonds is 5. The van der Waals surface area contributed by atoms with Gasteiger partial charge in [0.1, 0.15) is 17.5 Å². The standard InChI is InChI=1S/C16H24N2O5/c1-10(20-5)14-12(18-15(19)23-16(2,3)4)6-17-7-13(14)22-11-8-21-9-11/h6-7,10-11H,8-9H2,1-5H3,(H,18,19). The first-order valence-corrected chi connectivity index (χ1v) is 7.55. The van der Waals surface area contributed by atoms with Gasteiger partial charge < -0.3 is 18.9 Å². The number of anilines is 1. The van der Waals surface area contributed by atoms with Gasteiger partial charge in [0.15, 0.2) is 0 Å². The van der Waals surface area contributed by atoms with E-state index < -0.39 is 11.7 Å². The molecule has 7 nitrogen and oxygen atoms in total. The van der Waals surface area contributed by atoms with E-state index in [4.69, 9.17) is 18.9 Å². The Bertz CT molecular complexity index is 552. The van der Waals surface area contributed by atoms with Gasteiger partial charge in [0, 0.05) is 12.7 Å². The van der Waals surface area contributed by atoms with Crippen LogP contribution in [0.1, 0.15) is 39.4 Å². The van der Waals surface area contributed by atoms with Gasteiger partial charge in [-0.15, -0.1) is 0 Å². The van der Waals surface area contributed by atoms with Crippen molar-refractivity contribution in [3.8, 4) is 5.75 Å². The van der Waals surface area contributed by atoms with Crippen LogP contribution in [0, 0.1) is 0 Å². The molecule has 2 rings (SSSR count). The number of nitrogens with one attached hydrogen (secondary N) is 1. The molecule has 1 fully saturated rings. The number of methoxy groups -OCH3 is 1. The minimum Gasteiger partial charge on any atom is -0.484 e. The molecule has 0 aliphatic carbocycles. The molecule has 23 heavy (non-hydrogen) atoms. The van der Waals surface area contributed by atoms with Crippen LogP contribution in [0.25, 0.3) is 0 Å². The zero-order valence-electron chi connectivity index (χ0n) is 14.2. The van der Waals surface area contributed by atoms with Crippen LogP contribution in [0.2, 0.25) is 0 Å². The van der Waals surface area contributed by atoms with Crippen LogP contribution < -0.4 is 10.1 Å². The van der Waals surface area contributed by atoms with Crippen LogP contribution in [0.15, 0.2) is 12.4 Å². The summed E-state index contributed by atoms with van der Waals surface area (Å²) in [5, 5.41) is 2.72. The molecule has 1 aromatic rings. The average molecular weight is 324 g/mol. The Balaban J connectivity index is 2.22. The molecule has 1 N–H and O–H groups in total. The molecule has 0 bridgehead atoms. The van der Waals surface area contributed by atoms with Gasteiger partial charge in [0.25, 0.3) is 0 Å². The van der Waals surface area contributed by atoms with E-state index in [1.165, 1.54) is 0 Å². The lowest BCUT2D eigenvalue weighted by atomic mass is 10.1. The van der Waals surface area contributed by atoms with Crippen molar-refractivity contribution in [3.05, 3.63) is 18.0 Å². The fraction of sp³-hybridized carbons (Fsp3) is 0.625. The van der Waals surface area contributed by atoms with E-state index in [2.05, 4.69) is 10.3 Å². The molecule has 7 heteroatoms. The summed E-state index contributed by atoms with van der Waals surface area (Å²) in [6.07, 6.45) is 2.34. The molecule has 1 unspecified atom stereocenters. The number of hydrogen-bond acceptors (Lipinski definition) is 6. The minimum atomic E-state index is -0.581. The summed E-state index contributed by atoms with van der Waals surface area (Å²) in [6.45, 7) is 8.38. The summed E-state index contributed by atoms with van der Waals surface area (Å²) in [6, 6.07) is 0. The van der Waals surface area contributed by atoms with Crippen molar-refractivity contribution >= 4 is 11.8 Å². The van der Waals surface area contributed by atoms with Crippen molar-refractivity contribution in [2.24, 2.45) is 0 Å². The van der Waals surface area contributed by atoms with Gasteiger partial charge >= 0.3 is 6.09 Å². The smallest absolute Gasteiger partial charge is 0.412 e. The van der Waals surface area contributed by atoms with Gasteiger partial charge in [-0.25, -0.2) is 4.79 Å². The molecule has 1 amide bonds. The fourth-order valence-electron chi connectivity index (χ4n) is 2.06. The van der Waals surface area contributed by atoms with Crippen LogP contribution in [-0.4, -0.2) is 43.1 Å². The number of carbonyl (C=O) groups is 1. The number of amides is 1. The monoisotopic (exact) mass is 324 g/mol. The Kier molecular flexibility index (Phi) is 5.43. The molecular formula is C16H24N2O5. The maximum Gasteiger partial charge on any atom is 0.412 e. The molecular weight excluding hydrogens is 300 g/mol. The first kappa shape index (κ1) is 17.5. The van der Waals surface area contributed by atoms with Gasteiger partial charge in [-0.05, 0) is 27.7 Å². The lowest BCUT2D eigenvalue weighted by Crippen LogP contribution is -2.39. The second-order valence-corrected chi connectivity index (χ2v) is 6.38. The molecule has 1 aliphatic heterocycles. The highest BCUT2D eigenvalue weighted by molar-refractivity contribution is 5.86. The molecule has 1 aliphatic rings. The zero-order chi connectivity index (χ0) is 17.0. The van der Waals surface area contributed by atoms with E-state index in [-0.39, 0.29) is 12.2 Å². The molecule has 0 saturated carbocycles. The maximum atomic E-state index is 12.0. The topological polar surface area (TPSA) is 78.9 Å². The first-order valence-electron chi connectivity index (χ1n) is 7.55. The highest BCUT2D eigenvalue weighted by atomic mass is 16.6. The Labute approximate surface area is 136 Å². The van der Waals surface area contributed by atoms with Crippen molar-refractivity contribution in [3.63, 3.8) is 0 Å². The Hall–Kier alpha value is -1.86. The van der Waals surface area contributed by atoms with Crippen LogP contribution in [0.5, 0.6) is 5.75 Å². The predicted octanol–water partition coefficient (Wildman–Crippen LogP) is 2.91. The summed E-state index contributed by atoms with van der Waals surface area (Å²) in [5.41, 5.74) is 0.647. The zero-order valence-corrected chi connectivity index (χ0v) is 14.2. The molecule has 128 valence electrons. The third-order valence-electron chi connectivity index (χ3n) is 3.25. The van der Waals surface area contributed by atoms with Crippen LogP contribution >= 0.6 is 0 Å². The van der Waals surface area contributed by atoms with Crippen molar-refractivity contribution in [2.75, 3.05) is 25.6 Å². The number of ether oxygens (including phenoxy) is 4. The molecule has 0 radical (unpaired) electrons. The Morgan fingerprint density at radius 1 is 1.39 bits per heavy atom. The highest BCUT2D eigenvalue weighted by Gasteiger charge is 2.26. The van der Waals surface area contributed by atoms with Gasteiger partial charge in [0.05, 0.1) is 37.4 Å². The lowest BCUT2D eigenvalue weighted by molar-refractivity contribution is -0.0807. The van der Waals surface area contributed by atoms with Crippen molar-refractivity contribution < 1.29 is 23.7 Å². The minimum absolute atomic E-state index is 0.00335. The van der Waals surface area contributed by atoms with Crippen LogP contribution in [0.4, 0.5) is 10.5 Å². The molecule has 1 aromatic heterocycles.